The summed E-state index contributed by atoms with van der Waals surface area (Å²) < 4.78 is 14.5. The van der Waals surface area contributed by atoms with Crippen LogP contribution in [-0.4, -0.2) is 30.7 Å². The molecule has 0 saturated carbocycles. The van der Waals surface area contributed by atoms with Crippen molar-refractivity contribution in [2.45, 2.75) is 79.1 Å². The van der Waals surface area contributed by atoms with E-state index in [-0.39, 0.29) is 0 Å². The SMILES string of the molecule is C=CO[PH](=O)[O-].CCCCCCCCCC[N+](CC)(CC)CC. The normalized spacial score (nSPS) is 12.2. The minimum Gasteiger partial charge on any atom is -0.771 e. The van der Waals surface area contributed by atoms with Gasteiger partial charge in [-0.05, 0) is 33.6 Å². The molecule has 5 heteroatoms. The molecule has 0 radical (unpaired) electrons. The van der Waals surface area contributed by atoms with Crippen LogP contribution in [0.25, 0.3) is 0 Å². The van der Waals surface area contributed by atoms with Crippen LogP contribution in [0.1, 0.15) is 79.1 Å². The minimum atomic E-state index is -3.00. The molecular weight excluding hydrogens is 309 g/mol. The van der Waals surface area contributed by atoms with Crippen LogP contribution in [0.3, 0.4) is 0 Å². The fourth-order valence-electron chi connectivity index (χ4n) is 2.79. The predicted octanol–water partition coefficient (Wildman–Crippen LogP) is 4.90. The highest BCUT2D eigenvalue weighted by Gasteiger charge is 2.19. The molecule has 23 heavy (non-hydrogen) atoms. The topological polar surface area (TPSA) is 49.4 Å². The lowest BCUT2D eigenvalue weighted by Crippen LogP contribution is -2.48. The van der Waals surface area contributed by atoms with E-state index in [2.05, 4.69) is 38.8 Å². The molecule has 0 aromatic rings. The first kappa shape index (κ1) is 24.9. The predicted molar refractivity (Wildman–Crippen MR) is 99.6 cm³/mol. The highest BCUT2D eigenvalue weighted by Crippen LogP contribution is 2.12. The summed E-state index contributed by atoms with van der Waals surface area (Å²) in [6, 6.07) is 0. The van der Waals surface area contributed by atoms with E-state index in [9.17, 15) is 9.46 Å². The van der Waals surface area contributed by atoms with Crippen molar-refractivity contribution in [1.29, 1.82) is 0 Å². The second kappa shape index (κ2) is 18.0. The van der Waals surface area contributed by atoms with E-state index in [1.165, 1.54) is 82.0 Å². The Morgan fingerprint density at radius 3 is 1.65 bits per heavy atom. The molecule has 0 aliphatic heterocycles. The molecular formula is C18H40NO3P. The quantitative estimate of drug-likeness (QED) is 0.194. The van der Waals surface area contributed by atoms with Crippen molar-refractivity contribution in [2.24, 2.45) is 0 Å². The first-order valence-corrected chi connectivity index (χ1v) is 10.6. The Morgan fingerprint density at radius 1 is 0.913 bits per heavy atom. The zero-order valence-corrected chi connectivity index (χ0v) is 16.9. The van der Waals surface area contributed by atoms with Gasteiger partial charge in [0.1, 0.15) is 0 Å². The van der Waals surface area contributed by atoms with Crippen molar-refractivity contribution in [1.82, 2.24) is 0 Å². The Bertz CT molecular complexity index is 273. The number of quaternary nitrogens is 1. The Hall–Kier alpha value is -0.310. The molecule has 0 aliphatic carbocycles. The summed E-state index contributed by atoms with van der Waals surface area (Å²) in [4.78, 5) is 9.38. The van der Waals surface area contributed by atoms with Crippen LogP contribution in [0.2, 0.25) is 0 Å². The van der Waals surface area contributed by atoms with Gasteiger partial charge in [0.05, 0.1) is 32.4 Å². The van der Waals surface area contributed by atoms with E-state index in [4.69, 9.17) is 0 Å². The third kappa shape index (κ3) is 16.3. The van der Waals surface area contributed by atoms with Gasteiger partial charge in [0, 0.05) is 0 Å². The van der Waals surface area contributed by atoms with Gasteiger partial charge in [0.15, 0.2) is 8.25 Å². The summed E-state index contributed by atoms with van der Waals surface area (Å²) in [5, 5.41) is 0. The summed E-state index contributed by atoms with van der Waals surface area (Å²) in [5.74, 6) is 0. The molecule has 0 amide bonds. The average Bonchev–Trinajstić information content (AvgIpc) is 2.55. The number of unbranched alkanes of at least 4 members (excludes halogenated alkanes) is 7. The highest BCUT2D eigenvalue weighted by atomic mass is 31.1. The summed E-state index contributed by atoms with van der Waals surface area (Å²) >= 11 is 0. The van der Waals surface area contributed by atoms with E-state index >= 15 is 0 Å². The Labute approximate surface area is 145 Å². The number of hydrogen-bond acceptors (Lipinski definition) is 3. The van der Waals surface area contributed by atoms with Crippen LogP contribution in [0.15, 0.2) is 12.8 Å². The summed E-state index contributed by atoms with van der Waals surface area (Å²) in [6.45, 7) is 17.7. The number of nitrogens with zero attached hydrogens (tertiary/aromatic N) is 1. The van der Waals surface area contributed by atoms with Crippen LogP contribution < -0.4 is 4.89 Å². The number of rotatable bonds is 14. The molecule has 0 bridgehead atoms. The van der Waals surface area contributed by atoms with E-state index in [1.54, 1.807) is 0 Å². The fourth-order valence-corrected chi connectivity index (χ4v) is 2.93. The Balaban J connectivity index is 0. The molecule has 0 rings (SSSR count). The van der Waals surface area contributed by atoms with Gasteiger partial charge in [-0.3, -0.25) is 4.57 Å². The molecule has 4 nitrogen and oxygen atoms in total. The van der Waals surface area contributed by atoms with Gasteiger partial charge >= 0.3 is 0 Å². The molecule has 0 aromatic carbocycles. The van der Waals surface area contributed by atoms with Crippen LogP contribution in [0, 0.1) is 0 Å². The van der Waals surface area contributed by atoms with Gasteiger partial charge in [-0.15, -0.1) is 0 Å². The van der Waals surface area contributed by atoms with E-state index in [0.717, 1.165) is 6.26 Å². The maximum Gasteiger partial charge on any atom is 0.171 e. The number of hydrogen-bond donors (Lipinski definition) is 0. The van der Waals surface area contributed by atoms with Crippen LogP contribution in [-0.2, 0) is 9.09 Å². The molecule has 0 saturated heterocycles. The second-order valence-corrected chi connectivity index (χ2v) is 6.76. The van der Waals surface area contributed by atoms with Crippen molar-refractivity contribution in [3.8, 4) is 0 Å². The standard InChI is InChI=1S/C16H36N.C2H5O3P/c1-5-9-10-11-12-13-14-15-16-17(6-2,7-3)8-4;1-2-5-6(3)4/h5-16H2,1-4H3;2,6H,1H2,(H,3,4)/q+1;/p-1. The van der Waals surface area contributed by atoms with Gasteiger partial charge in [0.2, 0.25) is 0 Å². The van der Waals surface area contributed by atoms with Crippen LogP contribution >= 0.6 is 8.25 Å². The summed E-state index contributed by atoms with van der Waals surface area (Å²) in [6.07, 6.45) is 12.4. The van der Waals surface area contributed by atoms with Crippen molar-refractivity contribution < 1.29 is 18.5 Å². The molecule has 1 atom stereocenters. The van der Waals surface area contributed by atoms with Crippen molar-refractivity contribution >= 4 is 8.25 Å². The molecule has 0 heterocycles. The van der Waals surface area contributed by atoms with E-state index < -0.39 is 8.25 Å². The van der Waals surface area contributed by atoms with Gasteiger partial charge in [0.25, 0.3) is 0 Å². The zero-order valence-electron chi connectivity index (χ0n) is 15.9. The van der Waals surface area contributed by atoms with E-state index in [1.807, 2.05) is 0 Å². The molecule has 1 unspecified atom stereocenters. The molecule has 0 N–H and O–H groups in total. The van der Waals surface area contributed by atoms with Crippen molar-refractivity contribution in [3.63, 3.8) is 0 Å². The lowest BCUT2D eigenvalue weighted by atomic mass is 10.1. The van der Waals surface area contributed by atoms with Gasteiger partial charge in [-0.1, -0.05) is 52.0 Å². The Morgan fingerprint density at radius 2 is 1.35 bits per heavy atom. The minimum absolute atomic E-state index is 0.869. The van der Waals surface area contributed by atoms with Crippen molar-refractivity contribution in [3.05, 3.63) is 12.8 Å². The lowest BCUT2D eigenvalue weighted by molar-refractivity contribution is -0.923. The van der Waals surface area contributed by atoms with Gasteiger partial charge in [-0.2, -0.15) is 0 Å². The third-order valence-corrected chi connectivity index (χ3v) is 5.04. The maximum atomic E-state index is 9.38. The molecule has 0 fully saturated rings. The van der Waals surface area contributed by atoms with Gasteiger partial charge < -0.3 is 13.9 Å². The molecule has 0 aromatic heterocycles. The second-order valence-electron chi connectivity index (χ2n) is 6.02. The monoisotopic (exact) mass is 349 g/mol. The smallest absolute Gasteiger partial charge is 0.171 e. The van der Waals surface area contributed by atoms with Crippen LogP contribution in [0.4, 0.5) is 0 Å². The van der Waals surface area contributed by atoms with Crippen LogP contribution in [0.5, 0.6) is 0 Å². The maximum absolute atomic E-state index is 9.38. The fraction of sp³-hybridized carbons (Fsp3) is 0.889. The summed E-state index contributed by atoms with van der Waals surface area (Å²) in [5.41, 5.74) is 0. The largest absolute Gasteiger partial charge is 0.771 e. The van der Waals surface area contributed by atoms with Crippen molar-refractivity contribution in [2.75, 3.05) is 26.2 Å². The zero-order chi connectivity index (χ0) is 18.0. The molecule has 0 aliphatic rings. The molecule has 0 spiro atoms. The molecule has 140 valence electrons. The first-order valence-electron chi connectivity index (χ1n) is 9.35. The lowest BCUT2D eigenvalue weighted by Gasteiger charge is -2.35. The van der Waals surface area contributed by atoms with E-state index in [0.29, 0.717) is 0 Å². The first-order chi connectivity index (χ1) is 11.0. The summed E-state index contributed by atoms with van der Waals surface area (Å²) in [7, 11) is -3.00. The third-order valence-electron chi connectivity index (χ3n) is 4.68. The Kier molecular flexibility index (Phi) is 19.6. The average molecular weight is 349 g/mol. The van der Waals surface area contributed by atoms with Gasteiger partial charge in [-0.25, -0.2) is 0 Å². The highest BCUT2D eigenvalue weighted by molar-refractivity contribution is 7.30.